The number of ether oxygens (including phenoxy) is 1. The molecule has 0 radical (unpaired) electrons. The third-order valence-electron chi connectivity index (χ3n) is 11.8. The summed E-state index contributed by atoms with van der Waals surface area (Å²) in [6, 6.07) is 0. The van der Waals surface area contributed by atoms with Gasteiger partial charge in [-0.15, -0.1) is 0 Å². The van der Waals surface area contributed by atoms with Gasteiger partial charge in [0.1, 0.15) is 5.60 Å². The van der Waals surface area contributed by atoms with Crippen LogP contribution in [-0.4, -0.2) is 11.6 Å². The lowest BCUT2D eigenvalue weighted by molar-refractivity contribution is -0.218. The quantitative estimate of drug-likeness (QED) is 0.418. The standard InChI is InChI=1S/C29H48O2/c1-19(2)7-6-8-20(3)23-11-12-24-22-10-9-21-17-29(18-26(30)31-29)16-15-27(21,4)25(22)13-14-28(23,24)5/h19-25H,6-18H2,1-5H3. The van der Waals surface area contributed by atoms with Crippen LogP contribution < -0.4 is 0 Å². The Bertz CT molecular complexity index is 689. The number of carbonyl (C=O) groups is 1. The number of esters is 1. The van der Waals surface area contributed by atoms with Crippen molar-refractivity contribution in [1.29, 1.82) is 0 Å². The van der Waals surface area contributed by atoms with E-state index in [9.17, 15) is 4.79 Å². The average Bonchev–Trinajstić information content (AvgIpc) is 3.04. The number of rotatable bonds is 5. The molecule has 1 heterocycles. The minimum absolute atomic E-state index is 0.0465. The molecule has 0 N–H and O–H groups in total. The molecule has 4 aliphatic carbocycles. The summed E-state index contributed by atoms with van der Waals surface area (Å²) < 4.78 is 5.73. The summed E-state index contributed by atoms with van der Waals surface area (Å²) in [6.45, 7) is 12.7. The van der Waals surface area contributed by atoms with Crippen molar-refractivity contribution >= 4 is 5.97 Å². The summed E-state index contributed by atoms with van der Waals surface area (Å²) >= 11 is 0. The first kappa shape index (κ1) is 22.3. The van der Waals surface area contributed by atoms with E-state index in [1.165, 1.54) is 64.2 Å². The lowest BCUT2D eigenvalue weighted by Gasteiger charge is -2.63. The molecule has 4 saturated carbocycles. The Labute approximate surface area is 191 Å². The summed E-state index contributed by atoms with van der Waals surface area (Å²) in [6.07, 6.45) is 17.3. The Morgan fingerprint density at radius 2 is 1.65 bits per heavy atom. The Hall–Kier alpha value is -0.530. The molecule has 176 valence electrons. The molecule has 2 heteroatoms. The van der Waals surface area contributed by atoms with Crippen LogP contribution >= 0.6 is 0 Å². The van der Waals surface area contributed by atoms with Crippen LogP contribution in [0.2, 0.25) is 0 Å². The summed E-state index contributed by atoms with van der Waals surface area (Å²) in [5.74, 6) is 6.40. The van der Waals surface area contributed by atoms with Gasteiger partial charge in [-0.05, 0) is 110 Å². The predicted octanol–water partition coefficient (Wildman–Crippen LogP) is 7.79. The van der Waals surface area contributed by atoms with Crippen molar-refractivity contribution in [3.8, 4) is 0 Å². The average molecular weight is 429 g/mol. The number of hydrogen-bond donors (Lipinski definition) is 0. The molecule has 0 aromatic heterocycles. The minimum Gasteiger partial charge on any atom is -0.458 e. The Morgan fingerprint density at radius 3 is 2.35 bits per heavy atom. The van der Waals surface area contributed by atoms with Crippen molar-refractivity contribution in [1.82, 2.24) is 0 Å². The van der Waals surface area contributed by atoms with E-state index in [4.69, 9.17) is 4.74 Å². The van der Waals surface area contributed by atoms with Gasteiger partial charge in [0.15, 0.2) is 0 Å². The summed E-state index contributed by atoms with van der Waals surface area (Å²) in [5, 5.41) is 0. The van der Waals surface area contributed by atoms with Crippen LogP contribution in [0, 0.1) is 52.3 Å². The topological polar surface area (TPSA) is 26.3 Å². The fraction of sp³-hybridized carbons (Fsp3) is 0.966. The predicted molar refractivity (Wildman–Crippen MR) is 127 cm³/mol. The molecule has 1 saturated heterocycles. The largest absolute Gasteiger partial charge is 0.458 e. The zero-order valence-electron chi connectivity index (χ0n) is 21.1. The fourth-order valence-electron chi connectivity index (χ4n) is 10.1. The second kappa shape index (κ2) is 7.76. The lowest BCUT2D eigenvalue weighted by atomic mass is 9.43. The van der Waals surface area contributed by atoms with Gasteiger partial charge in [-0.25, -0.2) is 0 Å². The van der Waals surface area contributed by atoms with Crippen molar-refractivity contribution in [3.63, 3.8) is 0 Å². The normalized spacial score (nSPS) is 49.7. The SMILES string of the molecule is CC(C)CCCC(C)C1CCC2C3CCC4CC5(CCC4(C)C3CCC12C)CC(=O)O5. The highest BCUT2D eigenvalue weighted by molar-refractivity contribution is 5.77. The van der Waals surface area contributed by atoms with E-state index in [0.717, 1.165) is 54.3 Å². The van der Waals surface area contributed by atoms with Gasteiger partial charge in [-0.2, -0.15) is 0 Å². The minimum atomic E-state index is -0.0544. The van der Waals surface area contributed by atoms with E-state index < -0.39 is 0 Å². The number of hydrogen-bond acceptors (Lipinski definition) is 2. The van der Waals surface area contributed by atoms with E-state index in [1.54, 1.807) is 0 Å². The Morgan fingerprint density at radius 1 is 0.903 bits per heavy atom. The van der Waals surface area contributed by atoms with Gasteiger partial charge >= 0.3 is 5.97 Å². The smallest absolute Gasteiger partial charge is 0.310 e. The van der Waals surface area contributed by atoms with Gasteiger partial charge in [0.05, 0.1) is 6.42 Å². The van der Waals surface area contributed by atoms with Gasteiger partial charge in [-0.3, -0.25) is 4.79 Å². The first-order valence-electron chi connectivity index (χ1n) is 13.9. The van der Waals surface area contributed by atoms with Gasteiger partial charge in [0, 0.05) is 0 Å². The van der Waals surface area contributed by atoms with Crippen molar-refractivity contribution in [2.75, 3.05) is 0 Å². The first-order valence-corrected chi connectivity index (χ1v) is 13.9. The van der Waals surface area contributed by atoms with Crippen LogP contribution in [0.5, 0.6) is 0 Å². The van der Waals surface area contributed by atoms with Gasteiger partial charge < -0.3 is 4.74 Å². The van der Waals surface area contributed by atoms with E-state index in [-0.39, 0.29) is 11.6 Å². The molecule has 1 spiro atoms. The van der Waals surface area contributed by atoms with Crippen molar-refractivity contribution < 1.29 is 9.53 Å². The molecule has 0 bridgehead atoms. The molecule has 9 unspecified atom stereocenters. The highest BCUT2D eigenvalue weighted by atomic mass is 16.6. The van der Waals surface area contributed by atoms with Crippen molar-refractivity contribution in [2.24, 2.45) is 52.3 Å². The van der Waals surface area contributed by atoms with E-state index in [0.29, 0.717) is 17.3 Å². The zero-order valence-corrected chi connectivity index (χ0v) is 21.1. The monoisotopic (exact) mass is 428 g/mol. The van der Waals surface area contributed by atoms with E-state index >= 15 is 0 Å². The van der Waals surface area contributed by atoms with Crippen LogP contribution in [0.25, 0.3) is 0 Å². The maximum atomic E-state index is 11.6. The van der Waals surface area contributed by atoms with Gasteiger partial charge in [-0.1, -0.05) is 53.9 Å². The molecule has 5 aliphatic rings. The number of carbonyl (C=O) groups excluding carboxylic acids is 1. The Kier molecular flexibility index (Phi) is 5.58. The van der Waals surface area contributed by atoms with E-state index in [2.05, 4.69) is 34.6 Å². The summed E-state index contributed by atoms with van der Waals surface area (Å²) in [4.78, 5) is 11.6. The van der Waals surface area contributed by atoms with E-state index in [1.807, 2.05) is 0 Å². The molecule has 1 aliphatic heterocycles. The molecule has 9 atom stereocenters. The van der Waals surface area contributed by atoms with Crippen molar-refractivity contribution in [3.05, 3.63) is 0 Å². The van der Waals surface area contributed by atoms with Crippen molar-refractivity contribution in [2.45, 2.75) is 124 Å². The molecule has 31 heavy (non-hydrogen) atoms. The molecule has 5 rings (SSSR count). The summed E-state index contributed by atoms with van der Waals surface area (Å²) in [7, 11) is 0. The molecule has 2 nitrogen and oxygen atoms in total. The summed E-state index contributed by atoms with van der Waals surface area (Å²) in [5.41, 5.74) is 1.04. The molecule has 5 fully saturated rings. The molecular weight excluding hydrogens is 380 g/mol. The maximum Gasteiger partial charge on any atom is 0.310 e. The van der Waals surface area contributed by atoms with Crippen LogP contribution in [-0.2, 0) is 9.53 Å². The van der Waals surface area contributed by atoms with Gasteiger partial charge in [0.25, 0.3) is 0 Å². The molecule has 0 amide bonds. The van der Waals surface area contributed by atoms with Gasteiger partial charge in [0.2, 0.25) is 0 Å². The maximum absolute atomic E-state index is 11.6. The fourth-order valence-corrected chi connectivity index (χ4v) is 10.1. The highest BCUT2D eigenvalue weighted by Gasteiger charge is 2.63. The second-order valence-electron chi connectivity index (χ2n) is 13.7. The zero-order chi connectivity index (χ0) is 22.0. The third-order valence-corrected chi connectivity index (χ3v) is 11.8. The molecule has 0 aromatic carbocycles. The second-order valence-corrected chi connectivity index (χ2v) is 13.7. The molecular formula is C29H48O2. The van der Waals surface area contributed by atoms with Crippen LogP contribution in [0.3, 0.4) is 0 Å². The van der Waals surface area contributed by atoms with Crippen LogP contribution in [0.1, 0.15) is 118 Å². The number of fused-ring (bicyclic) bond motifs is 5. The van der Waals surface area contributed by atoms with Crippen LogP contribution in [0.4, 0.5) is 0 Å². The highest BCUT2D eigenvalue weighted by Crippen LogP contribution is 2.69. The Balaban J connectivity index is 1.28. The molecule has 0 aromatic rings. The third kappa shape index (κ3) is 3.52. The van der Waals surface area contributed by atoms with Crippen LogP contribution in [0.15, 0.2) is 0 Å². The first-order chi connectivity index (χ1) is 14.7. The lowest BCUT2D eigenvalue weighted by Crippen LogP contribution is -2.59.